The SMILES string of the molecule is COc1cc(N2CCN(C3CCN(c4ccc(F)c5cccnc45)CC3)CC2)c2ncc(S(=O)(=O)O)cc2c1. The maximum absolute atomic E-state index is 14.3. The molecule has 11 heteroatoms. The van der Waals surface area contributed by atoms with Gasteiger partial charge in [0.05, 0.1) is 29.5 Å². The second kappa shape index (κ2) is 10.2. The summed E-state index contributed by atoms with van der Waals surface area (Å²) in [6, 6.07) is 12.5. The van der Waals surface area contributed by atoms with E-state index in [1.807, 2.05) is 12.1 Å². The highest BCUT2D eigenvalue weighted by Crippen LogP contribution is 2.34. The first kappa shape index (κ1) is 25.7. The van der Waals surface area contributed by atoms with Crippen molar-refractivity contribution in [1.29, 1.82) is 0 Å². The van der Waals surface area contributed by atoms with Crippen molar-refractivity contribution in [3.8, 4) is 5.75 Å². The van der Waals surface area contributed by atoms with Gasteiger partial charge in [0.1, 0.15) is 16.5 Å². The van der Waals surface area contributed by atoms with Gasteiger partial charge < -0.3 is 14.5 Å². The summed E-state index contributed by atoms with van der Waals surface area (Å²) in [6.07, 6.45) is 4.95. The van der Waals surface area contributed by atoms with Crippen LogP contribution < -0.4 is 14.5 Å². The highest BCUT2D eigenvalue weighted by Gasteiger charge is 2.29. The molecule has 0 amide bonds. The normalized spacial score (nSPS) is 17.7. The Hall–Kier alpha value is -3.54. The molecule has 2 aromatic heterocycles. The fourth-order valence-corrected chi connectivity index (χ4v) is 6.32. The number of hydrogen-bond donors (Lipinski definition) is 1. The van der Waals surface area contributed by atoms with Crippen molar-refractivity contribution in [1.82, 2.24) is 14.9 Å². The quantitative estimate of drug-likeness (QED) is 0.370. The average Bonchev–Trinajstić information content (AvgIpc) is 2.96. The van der Waals surface area contributed by atoms with Gasteiger partial charge in [0.25, 0.3) is 10.1 Å². The Morgan fingerprint density at radius 3 is 2.38 bits per heavy atom. The minimum Gasteiger partial charge on any atom is -0.497 e. The molecule has 2 saturated heterocycles. The number of piperazine rings is 1. The highest BCUT2D eigenvalue weighted by atomic mass is 32.2. The van der Waals surface area contributed by atoms with Crippen molar-refractivity contribution in [3.63, 3.8) is 0 Å². The molecule has 6 rings (SSSR count). The third-order valence-electron chi connectivity index (χ3n) is 7.92. The van der Waals surface area contributed by atoms with Gasteiger partial charge in [-0.25, -0.2) is 4.39 Å². The topological polar surface area (TPSA) is 99.1 Å². The number of pyridine rings is 2. The number of benzene rings is 2. The van der Waals surface area contributed by atoms with Crippen LogP contribution in [0.25, 0.3) is 21.8 Å². The zero-order valence-corrected chi connectivity index (χ0v) is 22.4. The Kier molecular flexibility index (Phi) is 6.74. The van der Waals surface area contributed by atoms with Gasteiger partial charge in [0.2, 0.25) is 0 Å². The Morgan fingerprint density at radius 1 is 0.923 bits per heavy atom. The van der Waals surface area contributed by atoms with E-state index in [9.17, 15) is 17.4 Å². The molecule has 39 heavy (non-hydrogen) atoms. The Bertz CT molecular complexity index is 1630. The predicted octanol–water partition coefficient (Wildman–Crippen LogP) is 3.97. The maximum Gasteiger partial charge on any atom is 0.296 e. The van der Waals surface area contributed by atoms with E-state index >= 15 is 0 Å². The average molecular weight is 552 g/mol. The number of hydrogen-bond acceptors (Lipinski definition) is 8. The standard InChI is InChI=1S/C28H30FN5O4S/c1-38-21-15-19-16-22(39(35,36)37)18-31-27(19)26(17-21)34-13-11-32(12-14-34)20-6-9-33(10-7-20)25-5-4-24(29)23-3-2-8-30-28(23)25/h2-5,8,15-18,20H,6-7,9-14H2,1H3,(H,35,36,37). The van der Waals surface area contributed by atoms with Crippen LogP contribution in [0.5, 0.6) is 5.75 Å². The number of piperidine rings is 1. The Labute approximate surface area is 226 Å². The van der Waals surface area contributed by atoms with Gasteiger partial charge in [0, 0.05) is 74.5 Å². The monoisotopic (exact) mass is 551 g/mol. The van der Waals surface area contributed by atoms with Gasteiger partial charge in [-0.15, -0.1) is 0 Å². The number of ether oxygens (including phenoxy) is 1. The summed E-state index contributed by atoms with van der Waals surface area (Å²) in [5.41, 5.74) is 3.26. The molecule has 2 aromatic carbocycles. The van der Waals surface area contributed by atoms with Crippen molar-refractivity contribution in [2.75, 3.05) is 56.2 Å². The first-order valence-electron chi connectivity index (χ1n) is 13.0. The van der Waals surface area contributed by atoms with Crippen LogP contribution in [0, 0.1) is 5.82 Å². The lowest BCUT2D eigenvalue weighted by molar-refractivity contribution is 0.160. The summed E-state index contributed by atoms with van der Waals surface area (Å²) in [5.74, 6) is 0.358. The summed E-state index contributed by atoms with van der Waals surface area (Å²) in [4.78, 5) is 15.7. The number of rotatable bonds is 5. The van der Waals surface area contributed by atoms with E-state index in [1.54, 1.807) is 31.5 Å². The largest absolute Gasteiger partial charge is 0.497 e. The van der Waals surface area contributed by atoms with Crippen molar-refractivity contribution < 1.29 is 22.1 Å². The molecule has 9 nitrogen and oxygen atoms in total. The second-order valence-electron chi connectivity index (χ2n) is 10.1. The molecular weight excluding hydrogens is 521 g/mol. The van der Waals surface area contributed by atoms with Crippen LogP contribution in [-0.2, 0) is 10.1 Å². The molecule has 204 valence electrons. The van der Waals surface area contributed by atoms with E-state index in [2.05, 4.69) is 24.7 Å². The zero-order chi connectivity index (χ0) is 27.1. The van der Waals surface area contributed by atoms with E-state index in [0.29, 0.717) is 33.6 Å². The van der Waals surface area contributed by atoms with Crippen LogP contribution >= 0.6 is 0 Å². The number of anilines is 2. The zero-order valence-electron chi connectivity index (χ0n) is 21.6. The summed E-state index contributed by atoms with van der Waals surface area (Å²) >= 11 is 0. The number of fused-ring (bicyclic) bond motifs is 2. The molecule has 0 bridgehead atoms. The summed E-state index contributed by atoms with van der Waals surface area (Å²) in [7, 11) is -2.78. The Balaban J connectivity index is 1.14. The van der Waals surface area contributed by atoms with E-state index in [0.717, 1.165) is 63.5 Å². The van der Waals surface area contributed by atoms with E-state index in [4.69, 9.17) is 4.74 Å². The fraction of sp³-hybridized carbons (Fsp3) is 0.357. The molecule has 0 spiro atoms. The number of aromatic nitrogens is 2. The van der Waals surface area contributed by atoms with Crippen molar-refractivity contribution in [3.05, 3.63) is 60.7 Å². The third-order valence-corrected chi connectivity index (χ3v) is 8.74. The van der Waals surface area contributed by atoms with Crippen molar-refractivity contribution in [2.45, 2.75) is 23.8 Å². The van der Waals surface area contributed by atoms with E-state index in [1.165, 1.54) is 18.3 Å². The molecule has 0 atom stereocenters. The number of halogens is 1. The van der Waals surface area contributed by atoms with Crippen LogP contribution in [-0.4, -0.2) is 80.3 Å². The molecule has 1 N–H and O–H groups in total. The molecule has 4 aromatic rings. The first-order valence-corrected chi connectivity index (χ1v) is 14.5. The summed E-state index contributed by atoms with van der Waals surface area (Å²) < 4.78 is 52.4. The molecule has 2 aliphatic rings. The summed E-state index contributed by atoms with van der Waals surface area (Å²) in [5, 5.41) is 1.15. The smallest absolute Gasteiger partial charge is 0.296 e. The lowest BCUT2D eigenvalue weighted by atomic mass is 10.0. The van der Waals surface area contributed by atoms with Crippen molar-refractivity contribution >= 4 is 43.3 Å². The van der Waals surface area contributed by atoms with Crippen LogP contribution in [0.4, 0.5) is 15.8 Å². The molecule has 0 unspecified atom stereocenters. The number of nitrogens with zero attached hydrogens (tertiary/aromatic N) is 5. The molecule has 2 aliphatic heterocycles. The van der Waals surface area contributed by atoms with E-state index in [-0.39, 0.29) is 10.7 Å². The van der Waals surface area contributed by atoms with E-state index < -0.39 is 10.1 Å². The molecule has 2 fully saturated rings. The lowest BCUT2D eigenvalue weighted by Gasteiger charge is -2.44. The molecule has 0 radical (unpaired) electrons. The van der Waals surface area contributed by atoms with Gasteiger partial charge in [0.15, 0.2) is 0 Å². The minimum atomic E-state index is -4.35. The lowest BCUT2D eigenvalue weighted by Crippen LogP contribution is -2.53. The number of methoxy groups -OCH3 is 1. The Morgan fingerprint density at radius 2 is 1.67 bits per heavy atom. The third kappa shape index (κ3) is 4.97. The predicted molar refractivity (Wildman–Crippen MR) is 149 cm³/mol. The van der Waals surface area contributed by atoms with Crippen molar-refractivity contribution in [2.24, 2.45) is 0 Å². The fourth-order valence-electron chi connectivity index (χ4n) is 5.86. The molecular formula is C28H30FN5O4S. The van der Waals surface area contributed by atoms with Crippen LogP contribution in [0.1, 0.15) is 12.8 Å². The molecule has 0 saturated carbocycles. The van der Waals surface area contributed by atoms with Gasteiger partial charge >= 0.3 is 0 Å². The molecule has 4 heterocycles. The van der Waals surface area contributed by atoms with Crippen LogP contribution in [0.3, 0.4) is 0 Å². The second-order valence-corrected chi connectivity index (χ2v) is 11.5. The van der Waals surface area contributed by atoms with Gasteiger partial charge in [-0.05, 0) is 49.2 Å². The van der Waals surface area contributed by atoms with Gasteiger partial charge in [-0.3, -0.25) is 19.4 Å². The maximum atomic E-state index is 14.3. The molecule has 0 aliphatic carbocycles. The first-order chi connectivity index (χ1) is 18.8. The van der Waals surface area contributed by atoms with Crippen LogP contribution in [0.15, 0.2) is 59.8 Å². The van der Waals surface area contributed by atoms with Gasteiger partial charge in [-0.1, -0.05) is 0 Å². The summed E-state index contributed by atoms with van der Waals surface area (Å²) in [6.45, 7) is 5.18. The van der Waals surface area contributed by atoms with Gasteiger partial charge in [-0.2, -0.15) is 8.42 Å². The van der Waals surface area contributed by atoms with Crippen LogP contribution in [0.2, 0.25) is 0 Å². The minimum absolute atomic E-state index is 0.241. The highest BCUT2D eigenvalue weighted by molar-refractivity contribution is 7.85.